The third-order valence-electron chi connectivity index (χ3n) is 5.27. The van der Waals surface area contributed by atoms with Gasteiger partial charge in [0, 0.05) is 22.6 Å². The van der Waals surface area contributed by atoms with Crippen molar-refractivity contribution in [2.24, 2.45) is 0 Å². The molecule has 0 bridgehead atoms. The summed E-state index contributed by atoms with van der Waals surface area (Å²) in [5, 5.41) is 0.936. The molecule has 30 heavy (non-hydrogen) atoms. The minimum atomic E-state index is -3.16. The Morgan fingerprint density at radius 1 is 1.13 bits per heavy atom. The quantitative estimate of drug-likeness (QED) is 0.623. The first-order valence-corrected chi connectivity index (χ1v) is 12.3. The van der Waals surface area contributed by atoms with Crippen molar-refractivity contribution in [2.75, 3.05) is 18.1 Å². The van der Waals surface area contributed by atoms with Gasteiger partial charge in [-0.25, -0.2) is 8.42 Å². The van der Waals surface area contributed by atoms with E-state index in [4.69, 9.17) is 27.9 Å². The topological polar surface area (TPSA) is 63.7 Å². The fourth-order valence-corrected chi connectivity index (χ4v) is 6.09. The van der Waals surface area contributed by atoms with Gasteiger partial charge >= 0.3 is 0 Å². The van der Waals surface area contributed by atoms with E-state index in [1.54, 1.807) is 23.1 Å². The second-order valence-electron chi connectivity index (χ2n) is 7.83. The lowest BCUT2D eigenvalue weighted by molar-refractivity contribution is -0.136. The maximum Gasteiger partial charge on any atom is 0.261 e. The molecular formula is C22H25Cl2NO4S. The zero-order valence-electron chi connectivity index (χ0n) is 17.2. The minimum Gasteiger partial charge on any atom is -0.483 e. The van der Waals surface area contributed by atoms with E-state index in [1.807, 2.05) is 32.9 Å². The molecule has 5 nitrogen and oxygen atoms in total. The van der Waals surface area contributed by atoms with Crippen LogP contribution in [0.3, 0.4) is 0 Å². The normalized spacial score (nSPS) is 17.7. The molecule has 8 heteroatoms. The van der Waals surface area contributed by atoms with E-state index in [2.05, 4.69) is 0 Å². The maximum absolute atomic E-state index is 13.1. The van der Waals surface area contributed by atoms with Crippen molar-refractivity contribution in [3.63, 3.8) is 0 Å². The number of nitrogens with zero attached hydrogens (tertiary/aromatic N) is 1. The van der Waals surface area contributed by atoms with Crippen LogP contribution >= 0.6 is 23.2 Å². The highest BCUT2D eigenvalue weighted by Crippen LogP contribution is 2.27. The molecular weight excluding hydrogens is 445 g/mol. The molecule has 1 fully saturated rings. The van der Waals surface area contributed by atoms with Crippen molar-refractivity contribution < 1.29 is 17.9 Å². The van der Waals surface area contributed by atoms with Crippen LogP contribution in [0, 0.1) is 20.8 Å². The van der Waals surface area contributed by atoms with Crippen LogP contribution in [0.4, 0.5) is 0 Å². The van der Waals surface area contributed by atoms with Gasteiger partial charge in [0.05, 0.1) is 11.5 Å². The SMILES string of the molecule is Cc1cc(C)c(OCC(=O)N(Cc2ccc(Cl)cc2Cl)C2CCS(=O)(=O)C2)c(C)c1. The summed E-state index contributed by atoms with van der Waals surface area (Å²) in [5.41, 5.74) is 3.74. The first-order valence-electron chi connectivity index (χ1n) is 9.70. The summed E-state index contributed by atoms with van der Waals surface area (Å²) in [4.78, 5) is 14.7. The van der Waals surface area contributed by atoms with Crippen LogP contribution in [-0.4, -0.2) is 43.4 Å². The molecule has 1 heterocycles. The Kier molecular flexibility index (Phi) is 7.00. The molecule has 1 aliphatic rings. The highest BCUT2D eigenvalue weighted by Gasteiger charge is 2.35. The number of hydrogen-bond acceptors (Lipinski definition) is 4. The molecule has 0 aliphatic carbocycles. The largest absolute Gasteiger partial charge is 0.483 e. The molecule has 0 spiro atoms. The van der Waals surface area contributed by atoms with Crippen LogP contribution in [0.1, 0.15) is 28.7 Å². The zero-order valence-corrected chi connectivity index (χ0v) is 19.6. The van der Waals surface area contributed by atoms with Gasteiger partial charge in [-0.3, -0.25) is 4.79 Å². The first kappa shape index (κ1) is 22.9. The molecule has 3 rings (SSSR count). The lowest BCUT2D eigenvalue weighted by Gasteiger charge is -2.29. The molecule has 1 saturated heterocycles. The number of hydrogen-bond donors (Lipinski definition) is 0. The lowest BCUT2D eigenvalue weighted by Crippen LogP contribution is -2.43. The molecule has 0 saturated carbocycles. The Morgan fingerprint density at radius 3 is 2.37 bits per heavy atom. The van der Waals surface area contributed by atoms with Gasteiger partial charge in [-0.05, 0) is 56.0 Å². The number of ether oxygens (including phenoxy) is 1. The molecule has 0 aromatic heterocycles. The second kappa shape index (κ2) is 9.16. The Hall–Kier alpha value is -1.76. The third kappa shape index (κ3) is 5.48. The summed E-state index contributed by atoms with van der Waals surface area (Å²) >= 11 is 12.3. The first-order chi connectivity index (χ1) is 14.1. The fourth-order valence-electron chi connectivity index (χ4n) is 3.89. The molecule has 2 aromatic rings. The number of carbonyl (C=O) groups excluding carboxylic acids is 1. The lowest BCUT2D eigenvalue weighted by atomic mass is 10.1. The average Bonchev–Trinajstić information content (AvgIpc) is 2.99. The van der Waals surface area contributed by atoms with Crippen LogP contribution < -0.4 is 4.74 Å². The Balaban J connectivity index is 1.81. The summed E-state index contributed by atoms with van der Waals surface area (Å²) in [6.45, 7) is 5.91. The van der Waals surface area contributed by atoms with E-state index in [-0.39, 0.29) is 30.6 Å². The summed E-state index contributed by atoms with van der Waals surface area (Å²) in [5.74, 6) is 0.430. The van der Waals surface area contributed by atoms with Gasteiger partial charge in [0.2, 0.25) is 0 Å². The van der Waals surface area contributed by atoms with Crippen molar-refractivity contribution in [2.45, 2.75) is 39.8 Å². The average molecular weight is 470 g/mol. The standard InChI is InChI=1S/C22H25Cl2NO4S/c1-14-8-15(2)22(16(3)9-14)29-12-21(26)25(19-6-7-30(27,28)13-19)11-17-4-5-18(23)10-20(17)24/h4-5,8-10,19H,6-7,11-13H2,1-3H3. The van der Waals surface area contributed by atoms with Gasteiger partial charge in [-0.2, -0.15) is 0 Å². The summed E-state index contributed by atoms with van der Waals surface area (Å²) in [6.07, 6.45) is 0.405. The van der Waals surface area contributed by atoms with Gasteiger partial charge in [0.1, 0.15) is 5.75 Å². The Labute approximate surface area is 187 Å². The number of halogens is 2. The highest BCUT2D eigenvalue weighted by atomic mass is 35.5. The van der Waals surface area contributed by atoms with E-state index in [0.717, 1.165) is 16.7 Å². The van der Waals surface area contributed by atoms with Gasteiger partial charge < -0.3 is 9.64 Å². The number of carbonyl (C=O) groups is 1. The van der Waals surface area contributed by atoms with Crippen LogP contribution in [0.5, 0.6) is 5.75 Å². The maximum atomic E-state index is 13.1. The molecule has 0 radical (unpaired) electrons. The second-order valence-corrected chi connectivity index (χ2v) is 10.9. The Morgan fingerprint density at radius 2 is 1.80 bits per heavy atom. The van der Waals surface area contributed by atoms with E-state index < -0.39 is 15.9 Å². The molecule has 162 valence electrons. The van der Waals surface area contributed by atoms with E-state index in [9.17, 15) is 13.2 Å². The van der Waals surface area contributed by atoms with Gasteiger partial charge in [0.25, 0.3) is 5.91 Å². The molecule has 0 N–H and O–H groups in total. The summed E-state index contributed by atoms with van der Waals surface area (Å²) in [7, 11) is -3.16. The smallest absolute Gasteiger partial charge is 0.261 e. The van der Waals surface area contributed by atoms with Crippen LogP contribution in [0.2, 0.25) is 10.0 Å². The van der Waals surface area contributed by atoms with Crippen LogP contribution in [0.25, 0.3) is 0 Å². The van der Waals surface area contributed by atoms with Crippen molar-refractivity contribution in [3.05, 3.63) is 62.6 Å². The van der Waals surface area contributed by atoms with Gasteiger partial charge in [0.15, 0.2) is 16.4 Å². The molecule has 1 unspecified atom stereocenters. The van der Waals surface area contributed by atoms with Crippen molar-refractivity contribution in [1.82, 2.24) is 4.90 Å². The highest BCUT2D eigenvalue weighted by molar-refractivity contribution is 7.91. The predicted molar refractivity (Wildman–Crippen MR) is 120 cm³/mol. The molecule has 1 atom stereocenters. The monoisotopic (exact) mass is 469 g/mol. The number of amides is 1. The van der Waals surface area contributed by atoms with E-state index in [1.165, 1.54) is 0 Å². The van der Waals surface area contributed by atoms with Crippen LogP contribution in [0.15, 0.2) is 30.3 Å². The third-order valence-corrected chi connectivity index (χ3v) is 7.61. The fraction of sp³-hybridized carbons (Fsp3) is 0.409. The van der Waals surface area contributed by atoms with E-state index in [0.29, 0.717) is 27.8 Å². The number of aryl methyl sites for hydroxylation is 3. The predicted octanol–water partition coefficient (Wildman–Crippen LogP) is 4.51. The Bertz CT molecular complexity index is 1050. The summed E-state index contributed by atoms with van der Waals surface area (Å²) < 4.78 is 29.9. The molecule has 2 aromatic carbocycles. The zero-order chi connectivity index (χ0) is 22.1. The number of benzene rings is 2. The molecule has 1 amide bonds. The van der Waals surface area contributed by atoms with Crippen molar-refractivity contribution >= 4 is 38.9 Å². The summed E-state index contributed by atoms with van der Waals surface area (Å²) in [6, 6.07) is 8.67. The van der Waals surface area contributed by atoms with Crippen LogP contribution in [-0.2, 0) is 21.2 Å². The van der Waals surface area contributed by atoms with Gasteiger partial charge in [-0.15, -0.1) is 0 Å². The minimum absolute atomic E-state index is 0.0491. The van der Waals surface area contributed by atoms with Crippen molar-refractivity contribution in [3.8, 4) is 5.75 Å². The van der Waals surface area contributed by atoms with E-state index >= 15 is 0 Å². The molecule has 1 aliphatic heterocycles. The number of rotatable bonds is 6. The van der Waals surface area contributed by atoms with Crippen molar-refractivity contribution in [1.29, 1.82) is 0 Å². The van der Waals surface area contributed by atoms with Gasteiger partial charge in [-0.1, -0.05) is 47.0 Å². The number of sulfone groups is 1.